The van der Waals surface area contributed by atoms with Crippen LogP contribution in [0, 0.1) is 18.8 Å². The molecule has 0 fully saturated rings. The molecule has 2 N–H and O–H groups in total. The van der Waals surface area contributed by atoms with E-state index in [0.29, 0.717) is 28.0 Å². The summed E-state index contributed by atoms with van der Waals surface area (Å²) in [4.78, 5) is 18.3. The summed E-state index contributed by atoms with van der Waals surface area (Å²) >= 11 is 0. The average Bonchev–Trinajstić information content (AvgIpc) is 2.88. The standard InChI is InChI=1S/C31H22N2O3/c1-21-19-23(12-11-22-7-3-2-4-8-22)13-17-28(21)33-30(18-15-24-14-16-25(34)20-29(24)35)32-27-10-6-5-9-26(27)31(33)36/h2-10,13-20,34-35H,1H3. The Kier molecular flexibility index (Phi) is 6.09. The number of nitrogens with zero attached hydrogens (tertiary/aromatic N) is 2. The van der Waals surface area contributed by atoms with Crippen LogP contribution in [0.15, 0.2) is 95.8 Å². The molecular formula is C31H22N2O3. The Balaban J connectivity index is 1.63. The molecule has 5 rings (SSSR count). The molecule has 0 amide bonds. The first-order valence-corrected chi connectivity index (χ1v) is 11.4. The van der Waals surface area contributed by atoms with Crippen LogP contribution in [0.4, 0.5) is 0 Å². The number of hydrogen-bond acceptors (Lipinski definition) is 4. The molecule has 0 bridgehead atoms. The van der Waals surface area contributed by atoms with Gasteiger partial charge in [0.25, 0.3) is 5.56 Å². The second kappa shape index (κ2) is 9.65. The normalized spacial score (nSPS) is 10.9. The van der Waals surface area contributed by atoms with E-state index < -0.39 is 0 Å². The number of fused-ring (bicyclic) bond motifs is 1. The molecule has 0 aliphatic heterocycles. The molecule has 0 spiro atoms. The number of phenols is 2. The zero-order valence-electron chi connectivity index (χ0n) is 19.5. The van der Waals surface area contributed by atoms with Gasteiger partial charge < -0.3 is 10.2 Å². The number of aromatic hydroxyl groups is 2. The lowest BCUT2D eigenvalue weighted by Gasteiger charge is -2.14. The van der Waals surface area contributed by atoms with E-state index in [1.54, 1.807) is 34.9 Å². The Labute approximate surface area is 208 Å². The van der Waals surface area contributed by atoms with Crippen molar-refractivity contribution in [2.24, 2.45) is 0 Å². The summed E-state index contributed by atoms with van der Waals surface area (Å²) in [6, 6.07) is 27.0. The van der Waals surface area contributed by atoms with Crippen LogP contribution in [-0.4, -0.2) is 19.8 Å². The van der Waals surface area contributed by atoms with Crippen LogP contribution in [0.3, 0.4) is 0 Å². The van der Waals surface area contributed by atoms with Crippen molar-refractivity contribution in [1.82, 2.24) is 9.55 Å². The summed E-state index contributed by atoms with van der Waals surface area (Å²) in [7, 11) is 0. The molecule has 0 atom stereocenters. The second-order valence-corrected chi connectivity index (χ2v) is 8.32. The highest BCUT2D eigenvalue weighted by molar-refractivity contribution is 5.80. The topological polar surface area (TPSA) is 75.3 Å². The number of aryl methyl sites for hydroxylation is 1. The Bertz CT molecular complexity index is 1740. The maximum Gasteiger partial charge on any atom is 0.266 e. The molecule has 0 aliphatic rings. The minimum Gasteiger partial charge on any atom is -0.508 e. The lowest BCUT2D eigenvalue weighted by Crippen LogP contribution is -2.23. The molecule has 0 saturated carbocycles. The predicted octanol–water partition coefficient (Wildman–Crippen LogP) is 5.68. The van der Waals surface area contributed by atoms with Gasteiger partial charge in [-0.15, -0.1) is 0 Å². The van der Waals surface area contributed by atoms with Gasteiger partial charge in [-0.1, -0.05) is 42.2 Å². The summed E-state index contributed by atoms with van der Waals surface area (Å²) in [6.07, 6.45) is 3.35. The Morgan fingerprint density at radius 1 is 0.806 bits per heavy atom. The molecule has 1 aromatic heterocycles. The van der Waals surface area contributed by atoms with Crippen LogP contribution in [-0.2, 0) is 0 Å². The number of phenolic OH excluding ortho intramolecular Hbond substituents is 2. The van der Waals surface area contributed by atoms with Crippen molar-refractivity contribution in [3.8, 4) is 29.0 Å². The molecule has 5 heteroatoms. The van der Waals surface area contributed by atoms with E-state index in [0.717, 1.165) is 16.7 Å². The summed E-state index contributed by atoms with van der Waals surface area (Å²) in [5.41, 5.74) is 4.21. The highest BCUT2D eigenvalue weighted by atomic mass is 16.3. The third-order valence-corrected chi connectivity index (χ3v) is 5.79. The third kappa shape index (κ3) is 4.61. The molecule has 4 aromatic carbocycles. The Morgan fingerprint density at radius 2 is 1.56 bits per heavy atom. The van der Waals surface area contributed by atoms with Crippen LogP contribution in [0.5, 0.6) is 11.5 Å². The molecule has 5 nitrogen and oxygen atoms in total. The van der Waals surface area contributed by atoms with Crippen LogP contribution < -0.4 is 5.56 Å². The summed E-state index contributed by atoms with van der Waals surface area (Å²) in [6.45, 7) is 1.93. The number of aromatic nitrogens is 2. The summed E-state index contributed by atoms with van der Waals surface area (Å²) in [5.74, 6) is 6.65. The minimum absolute atomic E-state index is 0.0310. The van der Waals surface area contributed by atoms with E-state index in [4.69, 9.17) is 4.98 Å². The van der Waals surface area contributed by atoms with Gasteiger partial charge in [0.2, 0.25) is 0 Å². The molecule has 1 heterocycles. The zero-order valence-corrected chi connectivity index (χ0v) is 19.5. The van der Waals surface area contributed by atoms with Crippen molar-refractivity contribution in [2.45, 2.75) is 6.92 Å². The Morgan fingerprint density at radius 3 is 2.33 bits per heavy atom. The van der Waals surface area contributed by atoms with Crippen molar-refractivity contribution < 1.29 is 10.2 Å². The number of benzene rings is 4. The SMILES string of the molecule is Cc1cc(C#Cc2ccccc2)ccc1-n1c(C=Cc2ccc(O)cc2O)nc2ccccc2c1=O. The largest absolute Gasteiger partial charge is 0.508 e. The van der Waals surface area contributed by atoms with E-state index in [1.807, 2.05) is 67.6 Å². The monoisotopic (exact) mass is 470 g/mol. The molecule has 36 heavy (non-hydrogen) atoms. The van der Waals surface area contributed by atoms with Crippen LogP contribution >= 0.6 is 0 Å². The van der Waals surface area contributed by atoms with Gasteiger partial charge in [-0.25, -0.2) is 4.98 Å². The van der Waals surface area contributed by atoms with E-state index in [9.17, 15) is 15.0 Å². The lowest BCUT2D eigenvalue weighted by atomic mass is 10.1. The molecular weight excluding hydrogens is 448 g/mol. The maximum absolute atomic E-state index is 13.6. The fraction of sp³-hybridized carbons (Fsp3) is 0.0323. The molecule has 0 saturated heterocycles. The lowest BCUT2D eigenvalue weighted by molar-refractivity contribution is 0.450. The maximum atomic E-state index is 13.6. The fourth-order valence-corrected chi connectivity index (χ4v) is 3.98. The highest BCUT2D eigenvalue weighted by Crippen LogP contribution is 2.25. The predicted molar refractivity (Wildman–Crippen MR) is 143 cm³/mol. The first-order chi connectivity index (χ1) is 17.5. The Hall–Kier alpha value is -5.08. The van der Waals surface area contributed by atoms with Crippen molar-refractivity contribution in [3.63, 3.8) is 0 Å². The van der Waals surface area contributed by atoms with E-state index in [2.05, 4.69) is 11.8 Å². The first-order valence-electron chi connectivity index (χ1n) is 11.4. The van der Waals surface area contributed by atoms with E-state index >= 15 is 0 Å². The quantitative estimate of drug-likeness (QED) is 0.333. The minimum atomic E-state index is -0.193. The molecule has 0 radical (unpaired) electrons. The average molecular weight is 471 g/mol. The van der Waals surface area contributed by atoms with Gasteiger partial charge in [-0.2, -0.15) is 0 Å². The summed E-state index contributed by atoms with van der Waals surface area (Å²) in [5, 5.41) is 20.3. The number of rotatable bonds is 3. The van der Waals surface area contributed by atoms with Gasteiger partial charge in [-0.3, -0.25) is 9.36 Å². The van der Waals surface area contributed by atoms with Crippen molar-refractivity contribution in [1.29, 1.82) is 0 Å². The van der Waals surface area contributed by atoms with Crippen molar-refractivity contribution in [3.05, 3.63) is 129 Å². The fourth-order valence-electron chi connectivity index (χ4n) is 3.98. The number of para-hydroxylation sites is 1. The van der Waals surface area contributed by atoms with Gasteiger partial charge in [-0.05, 0) is 79.2 Å². The van der Waals surface area contributed by atoms with Gasteiger partial charge >= 0.3 is 0 Å². The van der Waals surface area contributed by atoms with Crippen molar-refractivity contribution >= 4 is 23.1 Å². The molecule has 0 unspecified atom stereocenters. The van der Waals surface area contributed by atoms with Crippen LogP contribution in [0.1, 0.15) is 28.1 Å². The van der Waals surface area contributed by atoms with Crippen LogP contribution in [0.2, 0.25) is 0 Å². The smallest absolute Gasteiger partial charge is 0.266 e. The van der Waals surface area contributed by atoms with E-state index in [-0.39, 0.29) is 17.1 Å². The van der Waals surface area contributed by atoms with Gasteiger partial charge in [0.05, 0.1) is 16.6 Å². The zero-order chi connectivity index (χ0) is 25.1. The van der Waals surface area contributed by atoms with Crippen LogP contribution in [0.25, 0.3) is 28.7 Å². The van der Waals surface area contributed by atoms with Crippen molar-refractivity contribution in [2.75, 3.05) is 0 Å². The molecule has 0 aliphatic carbocycles. The van der Waals surface area contributed by atoms with Gasteiger partial charge in [0.15, 0.2) is 0 Å². The second-order valence-electron chi connectivity index (χ2n) is 8.32. The van der Waals surface area contributed by atoms with E-state index in [1.165, 1.54) is 12.1 Å². The highest BCUT2D eigenvalue weighted by Gasteiger charge is 2.13. The van der Waals surface area contributed by atoms with Gasteiger partial charge in [0.1, 0.15) is 17.3 Å². The van der Waals surface area contributed by atoms with Gasteiger partial charge in [0, 0.05) is 22.8 Å². The first kappa shape index (κ1) is 22.7. The molecule has 5 aromatic rings. The molecule has 174 valence electrons. The third-order valence-electron chi connectivity index (χ3n) is 5.79. The summed E-state index contributed by atoms with van der Waals surface area (Å²) < 4.78 is 1.57. The number of hydrogen-bond donors (Lipinski definition) is 2.